The maximum atomic E-state index is 12.5. The molecule has 1 aromatic carbocycles. The Kier molecular flexibility index (Phi) is 5.84. The van der Waals surface area contributed by atoms with Crippen LogP contribution in [0.4, 0.5) is 13.9 Å². The predicted octanol–water partition coefficient (Wildman–Crippen LogP) is 5.08. The predicted molar refractivity (Wildman–Crippen MR) is 102 cm³/mol. The minimum Gasteiger partial charge on any atom is -0.497 e. The number of nitrogens with zero attached hydrogens (tertiary/aromatic N) is 2. The molecule has 0 fully saturated rings. The van der Waals surface area contributed by atoms with E-state index in [4.69, 9.17) is 9.15 Å². The summed E-state index contributed by atoms with van der Waals surface area (Å²) in [7, 11) is 1.58. The Morgan fingerprint density at radius 2 is 2.11 bits per heavy atom. The highest BCUT2D eigenvalue weighted by atomic mass is 32.1. The highest BCUT2D eigenvalue weighted by Crippen LogP contribution is 2.30. The van der Waals surface area contributed by atoms with Crippen molar-refractivity contribution in [2.75, 3.05) is 12.4 Å². The number of methoxy groups -OCH3 is 1. The first-order valence-electron chi connectivity index (χ1n) is 8.27. The van der Waals surface area contributed by atoms with Crippen molar-refractivity contribution in [1.82, 2.24) is 9.36 Å². The van der Waals surface area contributed by atoms with Gasteiger partial charge in [-0.2, -0.15) is 13.2 Å². The zero-order valence-corrected chi connectivity index (χ0v) is 16.2. The van der Waals surface area contributed by atoms with Gasteiger partial charge in [-0.05, 0) is 43.2 Å². The minimum atomic E-state index is -1.75. The lowest BCUT2D eigenvalue weighted by Gasteiger charge is -2.02. The Bertz CT molecular complexity index is 1040. The Morgan fingerprint density at radius 1 is 1.32 bits per heavy atom. The Balaban J connectivity index is 1.75. The molecular weight excluding hydrogens is 388 g/mol. The SMILES string of the molecule is COc1cccc(-c2cc(C(=O)Nc3nc(CC(C)=C(F)F)ns3)oc2C)c1. The van der Waals surface area contributed by atoms with E-state index < -0.39 is 12.0 Å². The summed E-state index contributed by atoms with van der Waals surface area (Å²) in [6, 6.07) is 9.03. The monoisotopic (exact) mass is 405 g/mol. The van der Waals surface area contributed by atoms with Gasteiger partial charge in [0.05, 0.1) is 7.11 Å². The number of carbonyl (C=O) groups is 1. The van der Waals surface area contributed by atoms with Crippen LogP contribution in [0.1, 0.15) is 29.1 Å². The van der Waals surface area contributed by atoms with Gasteiger partial charge < -0.3 is 9.15 Å². The van der Waals surface area contributed by atoms with Crippen molar-refractivity contribution in [2.45, 2.75) is 20.3 Å². The fraction of sp³-hybridized carbons (Fsp3) is 0.211. The van der Waals surface area contributed by atoms with Gasteiger partial charge >= 0.3 is 0 Å². The number of rotatable bonds is 6. The molecule has 6 nitrogen and oxygen atoms in total. The Morgan fingerprint density at radius 3 is 2.82 bits per heavy atom. The van der Waals surface area contributed by atoms with Crippen LogP contribution in [0.15, 0.2) is 46.4 Å². The summed E-state index contributed by atoms with van der Waals surface area (Å²) < 4.78 is 39.8. The van der Waals surface area contributed by atoms with Crippen LogP contribution in [-0.2, 0) is 6.42 Å². The number of carbonyl (C=O) groups excluding carboxylic acids is 1. The quantitative estimate of drug-likeness (QED) is 0.619. The van der Waals surface area contributed by atoms with Crippen molar-refractivity contribution in [3.8, 4) is 16.9 Å². The third kappa shape index (κ3) is 4.42. The van der Waals surface area contributed by atoms with Crippen molar-refractivity contribution >= 4 is 22.6 Å². The fourth-order valence-corrected chi connectivity index (χ4v) is 3.09. The third-order valence-electron chi connectivity index (χ3n) is 3.96. The highest BCUT2D eigenvalue weighted by molar-refractivity contribution is 7.09. The number of halogens is 2. The van der Waals surface area contributed by atoms with Crippen molar-refractivity contribution < 1.29 is 22.7 Å². The van der Waals surface area contributed by atoms with Crippen LogP contribution in [-0.4, -0.2) is 22.4 Å². The van der Waals surface area contributed by atoms with Gasteiger partial charge in [0.25, 0.3) is 12.0 Å². The van der Waals surface area contributed by atoms with E-state index in [1.165, 1.54) is 6.92 Å². The summed E-state index contributed by atoms with van der Waals surface area (Å²) in [6.07, 6.45) is -1.83. The molecule has 0 aliphatic rings. The lowest BCUT2D eigenvalue weighted by atomic mass is 10.1. The molecule has 3 aromatic rings. The number of amides is 1. The molecule has 2 aromatic heterocycles. The molecule has 0 aliphatic heterocycles. The maximum Gasteiger partial charge on any atom is 0.293 e. The van der Waals surface area contributed by atoms with E-state index >= 15 is 0 Å². The van der Waals surface area contributed by atoms with Crippen molar-refractivity contribution in [2.24, 2.45) is 0 Å². The van der Waals surface area contributed by atoms with E-state index in [0.717, 1.165) is 22.7 Å². The van der Waals surface area contributed by atoms with E-state index in [-0.39, 0.29) is 28.7 Å². The van der Waals surface area contributed by atoms with E-state index in [1.54, 1.807) is 20.1 Å². The van der Waals surface area contributed by atoms with Crippen LogP contribution in [0.25, 0.3) is 11.1 Å². The number of hydrogen-bond donors (Lipinski definition) is 1. The molecule has 0 bridgehead atoms. The number of nitrogens with one attached hydrogen (secondary N) is 1. The molecule has 9 heteroatoms. The van der Waals surface area contributed by atoms with Crippen LogP contribution in [0.5, 0.6) is 5.75 Å². The van der Waals surface area contributed by atoms with Crippen LogP contribution in [0, 0.1) is 6.92 Å². The summed E-state index contributed by atoms with van der Waals surface area (Å²) in [5.74, 6) is 1.11. The summed E-state index contributed by atoms with van der Waals surface area (Å²) >= 11 is 0.920. The molecule has 0 unspecified atom stereocenters. The molecule has 0 atom stereocenters. The lowest BCUT2D eigenvalue weighted by Crippen LogP contribution is -2.10. The molecule has 1 amide bonds. The molecule has 0 saturated carbocycles. The number of ether oxygens (including phenoxy) is 1. The smallest absolute Gasteiger partial charge is 0.293 e. The topological polar surface area (TPSA) is 77.2 Å². The number of hydrogen-bond acceptors (Lipinski definition) is 6. The Labute approximate surface area is 164 Å². The first-order chi connectivity index (χ1) is 13.4. The number of allylic oxidation sites excluding steroid dienone is 1. The van der Waals surface area contributed by atoms with Gasteiger partial charge in [0, 0.05) is 23.5 Å². The van der Waals surface area contributed by atoms with E-state index in [1.807, 2.05) is 24.3 Å². The zero-order chi connectivity index (χ0) is 20.3. The molecule has 3 rings (SSSR count). The first-order valence-corrected chi connectivity index (χ1v) is 9.04. The molecule has 0 radical (unpaired) electrons. The third-order valence-corrected chi connectivity index (χ3v) is 4.63. The summed E-state index contributed by atoms with van der Waals surface area (Å²) in [6.45, 7) is 3.07. The second-order valence-corrected chi connectivity index (χ2v) is 6.75. The molecular formula is C19H17F2N3O3S. The van der Waals surface area contributed by atoms with Gasteiger partial charge in [0.1, 0.15) is 17.3 Å². The number of aromatic nitrogens is 2. The highest BCUT2D eigenvalue weighted by Gasteiger charge is 2.18. The standard InChI is InChI=1S/C19H17F2N3O3S/c1-10(17(20)21)7-16-22-19(28-24-16)23-18(25)15-9-14(11(2)27-15)12-5-4-6-13(8-12)26-3/h4-6,8-9H,7H2,1-3H3,(H,22,23,24,25). The zero-order valence-electron chi connectivity index (χ0n) is 15.4. The van der Waals surface area contributed by atoms with Gasteiger partial charge in [-0.1, -0.05) is 12.1 Å². The van der Waals surface area contributed by atoms with Crippen molar-refractivity contribution in [3.63, 3.8) is 0 Å². The average Bonchev–Trinajstić information content (AvgIpc) is 3.28. The molecule has 0 spiro atoms. The van der Waals surface area contributed by atoms with Crippen LogP contribution < -0.4 is 10.1 Å². The summed E-state index contributed by atoms with van der Waals surface area (Å²) in [4.78, 5) is 16.5. The number of furan rings is 1. The number of anilines is 1. The Hall–Kier alpha value is -3.07. The summed E-state index contributed by atoms with van der Waals surface area (Å²) in [5, 5.41) is 2.79. The van der Waals surface area contributed by atoms with Gasteiger partial charge in [-0.25, -0.2) is 4.98 Å². The summed E-state index contributed by atoms with van der Waals surface area (Å²) in [5.41, 5.74) is 1.51. The second kappa shape index (κ2) is 8.30. The van der Waals surface area contributed by atoms with E-state index in [9.17, 15) is 13.6 Å². The normalized spacial score (nSPS) is 10.6. The largest absolute Gasteiger partial charge is 0.497 e. The van der Waals surface area contributed by atoms with Crippen LogP contribution in [0.3, 0.4) is 0 Å². The lowest BCUT2D eigenvalue weighted by molar-refractivity contribution is 0.0995. The van der Waals surface area contributed by atoms with Gasteiger partial charge in [-0.15, -0.1) is 0 Å². The number of benzene rings is 1. The molecule has 0 saturated heterocycles. The van der Waals surface area contributed by atoms with Crippen molar-refractivity contribution in [1.29, 1.82) is 0 Å². The minimum absolute atomic E-state index is 0.0748. The van der Waals surface area contributed by atoms with E-state index in [2.05, 4.69) is 14.7 Å². The second-order valence-electron chi connectivity index (χ2n) is 6.00. The van der Waals surface area contributed by atoms with Gasteiger partial charge in [0.15, 0.2) is 5.76 Å². The molecule has 1 N–H and O–H groups in total. The van der Waals surface area contributed by atoms with Crippen LogP contribution >= 0.6 is 11.5 Å². The van der Waals surface area contributed by atoms with Gasteiger partial charge in [0.2, 0.25) is 5.13 Å². The molecule has 28 heavy (non-hydrogen) atoms. The van der Waals surface area contributed by atoms with Crippen molar-refractivity contribution in [3.05, 3.63) is 59.3 Å². The molecule has 0 aliphatic carbocycles. The maximum absolute atomic E-state index is 12.5. The fourth-order valence-electron chi connectivity index (χ4n) is 2.51. The molecule has 2 heterocycles. The number of aryl methyl sites for hydroxylation is 1. The first kappa shape index (κ1) is 19.7. The molecule has 146 valence electrons. The van der Waals surface area contributed by atoms with Crippen LogP contribution in [0.2, 0.25) is 0 Å². The average molecular weight is 405 g/mol. The van der Waals surface area contributed by atoms with E-state index in [0.29, 0.717) is 11.5 Å². The van der Waals surface area contributed by atoms with Gasteiger partial charge in [-0.3, -0.25) is 10.1 Å².